The fourth-order valence-corrected chi connectivity index (χ4v) is 5.06. The molecule has 1 amide bonds. The first-order chi connectivity index (χ1) is 16.6. The highest BCUT2D eigenvalue weighted by Gasteiger charge is 2.27. The molecule has 0 N–H and O–H groups in total. The number of ether oxygens (including phenoxy) is 1. The summed E-state index contributed by atoms with van der Waals surface area (Å²) < 4.78 is 7.53. The number of carbonyl (C=O) groups is 1. The maximum atomic E-state index is 13.1. The molecule has 176 valence electrons. The number of nitro groups is 1. The molecule has 2 aliphatic rings. The number of nitro benzene ring substituents is 1. The van der Waals surface area contributed by atoms with Crippen molar-refractivity contribution in [1.29, 1.82) is 0 Å². The van der Waals surface area contributed by atoms with Crippen LogP contribution in [0.1, 0.15) is 11.1 Å². The monoisotopic (exact) mass is 480 g/mol. The summed E-state index contributed by atoms with van der Waals surface area (Å²) in [6, 6.07) is 14.8. The van der Waals surface area contributed by atoms with Gasteiger partial charge in [0.05, 0.1) is 30.4 Å². The Labute approximate surface area is 200 Å². The van der Waals surface area contributed by atoms with Crippen molar-refractivity contribution in [2.45, 2.75) is 18.1 Å². The highest BCUT2D eigenvalue weighted by Crippen LogP contribution is 2.32. The second kappa shape index (κ2) is 9.82. The molecule has 5 rings (SSSR count). The lowest BCUT2D eigenvalue weighted by Gasteiger charge is -2.28. The zero-order valence-corrected chi connectivity index (χ0v) is 19.3. The molecule has 1 saturated heterocycles. The van der Waals surface area contributed by atoms with Crippen LogP contribution < -0.4 is 9.80 Å². The molecule has 0 aliphatic carbocycles. The molecule has 1 fully saturated rings. The van der Waals surface area contributed by atoms with Crippen LogP contribution in [0.4, 0.5) is 17.3 Å². The summed E-state index contributed by atoms with van der Waals surface area (Å²) in [5.41, 5.74) is 2.75. The number of aromatic nitrogens is 3. The highest BCUT2D eigenvalue weighted by atomic mass is 32.2. The molecule has 0 spiro atoms. The zero-order valence-electron chi connectivity index (χ0n) is 18.5. The molecule has 0 saturated carbocycles. The van der Waals surface area contributed by atoms with Gasteiger partial charge < -0.3 is 14.5 Å². The van der Waals surface area contributed by atoms with E-state index in [0.29, 0.717) is 37.9 Å². The summed E-state index contributed by atoms with van der Waals surface area (Å²) in [5, 5.41) is 20.6. The highest BCUT2D eigenvalue weighted by molar-refractivity contribution is 7.99. The molecule has 0 atom stereocenters. The Balaban J connectivity index is 1.33. The lowest BCUT2D eigenvalue weighted by molar-refractivity contribution is -0.384. The number of morpholine rings is 1. The molecular formula is C23H24N6O4S. The largest absolute Gasteiger partial charge is 0.378 e. The van der Waals surface area contributed by atoms with Gasteiger partial charge in [-0.05, 0) is 23.6 Å². The van der Waals surface area contributed by atoms with Crippen molar-refractivity contribution in [2.24, 2.45) is 0 Å². The van der Waals surface area contributed by atoms with E-state index in [1.807, 2.05) is 18.2 Å². The smallest absolute Gasteiger partial charge is 0.269 e. The van der Waals surface area contributed by atoms with E-state index in [9.17, 15) is 14.9 Å². The quantitative estimate of drug-likeness (QED) is 0.289. The molecule has 0 radical (unpaired) electrons. The van der Waals surface area contributed by atoms with Crippen LogP contribution in [0.15, 0.2) is 53.7 Å². The molecule has 34 heavy (non-hydrogen) atoms. The summed E-state index contributed by atoms with van der Waals surface area (Å²) in [6.07, 6.45) is 0.610. The van der Waals surface area contributed by atoms with Crippen molar-refractivity contribution >= 4 is 35.0 Å². The van der Waals surface area contributed by atoms with E-state index in [-0.39, 0.29) is 17.3 Å². The van der Waals surface area contributed by atoms with Crippen molar-refractivity contribution < 1.29 is 14.5 Å². The van der Waals surface area contributed by atoms with E-state index < -0.39 is 4.92 Å². The Morgan fingerprint density at radius 2 is 1.88 bits per heavy atom. The first-order valence-electron chi connectivity index (χ1n) is 11.1. The number of nitrogens with zero attached hydrogens (tertiary/aromatic N) is 6. The molecule has 1 aromatic heterocycles. The molecule has 2 aliphatic heterocycles. The Kier molecular flexibility index (Phi) is 6.45. The Morgan fingerprint density at radius 3 is 2.65 bits per heavy atom. The third-order valence-corrected chi connectivity index (χ3v) is 6.92. The average molecular weight is 481 g/mol. The molecule has 3 heterocycles. The third kappa shape index (κ3) is 4.62. The van der Waals surface area contributed by atoms with Crippen molar-refractivity contribution in [1.82, 2.24) is 14.8 Å². The summed E-state index contributed by atoms with van der Waals surface area (Å²) in [7, 11) is 0. The molecule has 10 nitrogen and oxygen atoms in total. The van der Waals surface area contributed by atoms with Gasteiger partial charge in [-0.25, -0.2) is 0 Å². The number of anilines is 2. The van der Waals surface area contributed by atoms with Gasteiger partial charge in [-0.2, -0.15) is 0 Å². The minimum absolute atomic E-state index is 0.0482. The van der Waals surface area contributed by atoms with Gasteiger partial charge in [0.25, 0.3) is 5.69 Å². The normalized spacial score (nSPS) is 15.4. The van der Waals surface area contributed by atoms with E-state index in [1.54, 1.807) is 17.0 Å². The van der Waals surface area contributed by atoms with Crippen molar-refractivity contribution in [2.75, 3.05) is 48.4 Å². The predicted octanol–water partition coefficient (Wildman–Crippen LogP) is 2.75. The lowest BCUT2D eigenvalue weighted by atomic mass is 10.1. The van der Waals surface area contributed by atoms with Gasteiger partial charge in [-0.15, -0.1) is 10.2 Å². The van der Waals surface area contributed by atoms with Crippen molar-refractivity contribution in [3.8, 4) is 0 Å². The summed E-state index contributed by atoms with van der Waals surface area (Å²) >= 11 is 1.36. The average Bonchev–Trinajstić information content (AvgIpc) is 3.47. The van der Waals surface area contributed by atoms with Crippen LogP contribution in [0.2, 0.25) is 0 Å². The van der Waals surface area contributed by atoms with Gasteiger partial charge in [-0.1, -0.05) is 42.1 Å². The Morgan fingerprint density at radius 1 is 1.09 bits per heavy atom. The Bertz CT molecular complexity index is 1200. The van der Waals surface area contributed by atoms with Crippen LogP contribution in [-0.2, 0) is 22.5 Å². The van der Waals surface area contributed by atoms with E-state index in [0.717, 1.165) is 35.9 Å². The predicted molar refractivity (Wildman–Crippen MR) is 128 cm³/mol. The number of amides is 1. The first kappa shape index (κ1) is 22.4. The number of rotatable bonds is 7. The van der Waals surface area contributed by atoms with E-state index in [2.05, 4.69) is 31.8 Å². The fourth-order valence-electron chi connectivity index (χ4n) is 4.25. The zero-order chi connectivity index (χ0) is 23.5. The molecule has 0 unspecified atom stereocenters. The van der Waals surface area contributed by atoms with Gasteiger partial charge in [-0.3, -0.25) is 19.5 Å². The van der Waals surface area contributed by atoms with Crippen LogP contribution >= 0.6 is 11.8 Å². The van der Waals surface area contributed by atoms with Gasteiger partial charge >= 0.3 is 0 Å². The van der Waals surface area contributed by atoms with E-state index in [4.69, 9.17) is 4.74 Å². The number of non-ortho nitro benzene ring substituents is 1. The molecule has 2 aromatic carbocycles. The lowest BCUT2D eigenvalue weighted by Crippen LogP contribution is -2.38. The van der Waals surface area contributed by atoms with Crippen LogP contribution in [-0.4, -0.2) is 64.2 Å². The van der Waals surface area contributed by atoms with Crippen LogP contribution in [0, 0.1) is 10.1 Å². The number of benzene rings is 2. The molecular weight excluding hydrogens is 456 g/mol. The van der Waals surface area contributed by atoms with Gasteiger partial charge in [0.15, 0.2) is 5.16 Å². The topological polar surface area (TPSA) is 107 Å². The number of fused-ring (bicyclic) bond motifs is 1. The third-order valence-electron chi connectivity index (χ3n) is 5.97. The minimum Gasteiger partial charge on any atom is -0.378 e. The van der Waals surface area contributed by atoms with Crippen LogP contribution in [0.3, 0.4) is 0 Å². The Hall–Kier alpha value is -3.44. The molecule has 3 aromatic rings. The second-order valence-electron chi connectivity index (χ2n) is 8.11. The number of carbonyl (C=O) groups excluding carboxylic acids is 1. The molecule has 11 heteroatoms. The van der Waals surface area contributed by atoms with Gasteiger partial charge in [0.1, 0.15) is 0 Å². The van der Waals surface area contributed by atoms with Gasteiger partial charge in [0.2, 0.25) is 11.9 Å². The van der Waals surface area contributed by atoms with Crippen molar-refractivity contribution in [3.05, 3.63) is 69.8 Å². The maximum Gasteiger partial charge on any atom is 0.269 e. The summed E-state index contributed by atoms with van der Waals surface area (Å²) in [4.78, 5) is 27.6. The summed E-state index contributed by atoms with van der Waals surface area (Å²) in [5.74, 6) is 0.924. The number of hydrogen-bond acceptors (Lipinski definition) is 8. The van der Waals surface area contributed by atoms with Crippen molar-refractivity contribution in [3.63, 3.8) is 0 Å². The SMILES string of the molecule is O=C(CSc1nnc(N2CCOCC2)n1Cc1ccccc1)N1CCc2cc([N+](=O)[O-])ccc21. The van der Waals surface area contributed by atoms with Crippen LogP contribution in [0.25, 0.3) is 0 Å². The first-order valence-corrected chi connectivity index (χ1v) is 12.1. The van der Waals surface area contributed by atoms with E-state index >= 15 is 0 Å². The molecule has 0 bridgehead atoms. The summed E-state index contributed by atoms with van der Waals surface area (Å²) in [6.45, 7) is 3.90. The number of hydrogen-bond donors (Lipinski definition) is 0. The van der Waals surface area contributed by atoms with Gasteiger partial charge in [0, 0.05) is 37.5 Å². The number of thioether (sulfide) groups is 1. The standard InChI is InChI=1S/C23H24N6O4S/c30-21(27-9-8-18-14-19(29(31)32)6-7-20(18)27)16-34-23-25-24-22(26-10-12-33-13-11-26)28(23)15-17-4-2-1-3-5-17/h1-7,14H,8-13,15-16H2. The minimum atomic E-state index is -0.410. The second-order valence-corrected chi connectivity index (χ2v) is 9.05. The fraction of sp³-hybridized carbons (Fsp3) is 0.348. The van der Waals surface area contributed by atoms with Crippen LogP contribution in [0.5, 0.6) is 0 Å². The van der Waals surface area contributed by atoms with E-state index in [1.165, 1.54) is 17.8 Å². The maximum absolute atomic E-state index is 13.1.